The lowest BCUT2D eigenvalue weighted by Gasteiger charge is -2.30. The first-order valence-electron chi connectivity index (χ1n) is 11.2. The Balaban J connectivity index is 1.67. The Kier molecular flexibility index (Phi) is 8.73. The lowest BCUT2D eigenvalue weighted by atomic mass is 10.1. The zero-order chi connectivity index (χ0) is 24.0. The number of nitrogens with one attached hydrogen (secondary N) is 1. The summed E-state index contributed by atoms with van der Waals surface area (Å²) >= 11 is 5.85. The van der Waals surface area contributed by atoms with E-state index < -0.39 is 27.8 Å². The number of amides is 1. The Labute approximate surface area is 200 Å². The monoisotopic (exact) mass is 495 g/mol. The van der Waals surface area contributed by atoms with Gasteiger partial charge in [0.2, 0.25) is 15.9 Å². The zero-order valence-corrected chi connectivity index (χ0v) is 20.6. The minimum atomic E-state index is -3.82. The third kappa shape index (κ3) is 6.91. The Morgan fingerprint density at radius 1 is 1.12 bits per heavy atom. The van der Waals surface area contributed by atoms with Gasteiger partial charge in [0, 0.05) is 13.1 Å². The first-order chi connectivity index (χ1) is 15.7. The van der Waals surface area contributed by atoms with E-state index >= 15 is 0 Å². The fourth-order valence-electron chi connectivity index (χ4n) is 4.13. The van der Waals surface area contributed by atoms with Gasteiger partial charge in [-0.1, -0.05) is 49.2 Å². The summed E-state index contributed by atoms with van der Waals surface area (Å²) in [6, 6.07) is 10.7. The van der Waals surface area contributed by atoms with Gasteiger partial charge in [-0.15, -0.1) is 0 Å². The summed E-state index contributed by atoms with van der Waals surface area (Å²) in [6.45, 7) is 5.19. The van der Waals surface area contributed by atoms with Crippen LogP contribution in [0.4, 0.5) is 10.1 Å². The SMILES string of the molecule is CC[C@H](C(=O)NCc1ccc(CN2CCCCC2)cc1)N(c1ccc(F)c(Cl)c1)S(C)(=O)=O. The molecule has 3 rings (SSSR count). The minimum absolute atomic E-state index is 0.146. The fourth-order valence-corrected chi connectivity index (χ4v) is 5.51. The molecule has 1 saturated heterocycles. The van der Waals surface area contributed by atoms with Crippen molar-refractivity contribution in [3.8, 4) is 0 Å². The maximum atomic E-state index is 13.6. The van der Waals surface area contributed by atoms with E-state index in [4.69, 9.17) is 11.6 Å². The molecule has 1 amide bonds. The molecule has 0 saturated carbocycles. The van der Waals surface area contributed by atoms with E-state index in [9.17, 15) is 17.6 Å². The van der Waals surface area contributed by atoms with Crippen molar-refractivity contribution in [2.24, 2.45) is 0 Å². The number of benzene rings is 2. The van der Waals surface area contributed by atoms with Gasteiger partial charge in [-0.05, 0) is 61.7 Å². The maximum Gasteiger partial charge on any atom is 0.244 e. The van der Waals surface area contributed by atoms with Gasteiger partial charge in [-0.25, -0.2) is 12.8 Å². The van der Waals surface area contributed by atoms with Gasteiger partial charge in [0.05, 0.1) is 17.0 Å². The van der Waals surface area contributed by atoms with E-state index in [0.717, 1.165) is 41.8 Å². The van der Waals surface area contributed by atoms with Crippen LogP contribution < -0.4 is 9.62 Å². The van der Waals surface area contributed by atoms with Crippen molar-refractivity contribution in [1.82, 2.24) is 10.2 Å². The molecule has 0 aliphatic carbocycles. The molecule has 0 unspecified atom stereocenters. The highest BCUT2D eigenvalue weighted by Gasteiger charge is 2.31. The van der Waals surface area contributed by atoms with Gasteiger partial charge >= 0.3 is 0 Å². The van der Waals surface area contributed by atoms with Crippen LogP contribution in [-0.4, -0.2) is 44.6 Å². The van der Waals surface area contributed by atoms with Crippen LogP contribution in [0.25, 0.3) is 0 Å². The van der Waals surface area contributed by atoms with Gasteiger partial charge in [0.1, 0.15) is 11.9 Å². The predicted molar refractivity (Wildman–Crippen MR) is 130 cm³/mol. The topological polar surface area (TPSA) is 69.7 Å². The molecule has 180 valence electrons. The van der Waals surface area contributed by atoms with Gasteiger partial charge in [-0.2, -0.15) is 0 Å². The van der Waals surface area contributed by atoms with Crippen molar-refractivity contribution >= 4 is 33.2 Å². The van der Waals surface area contributed by atoms with Gasteiger partial charge in [0.25, 0.3) is 0 Å². The number of nitrogens with zero attached hydrogens (tertiary/aromatic N) is 2. The van der Waals surface area contributed by atoms with Crippen LogP contribution in [0.3, 0.4) is 0 Å². The van der Waals surface area contributed by atoms with Gasteiger partial charge in [-0.3, -0.25) is 14.0 Å². The summed E-state index contributed by atoms with van der Waals surface area (Å²) in [5.41, 5.74) is 2.30. The maximum absolute atomic E-state index is 13.6. The molecule has 0 aromatic heterocycles. The van der Waals surface area contributed by atoms with Crippen LogP contribution in [-0.2, 0) is 27.9 Å². The summed E-state index contributed by atoms with van der Waals surface area (Å²) in [7, 11) is -3.82. The average molecular weight is 496 g/mol. The number of piperidine rings is 1. The highest BCUT2D eigenvalue weighted by Crippen LogP contribution is 2.27. The van der Waals surface area contributed by atoms with Gasteiger partial charge in [0.15, 0.2) is 0 Å². The quantitative estimate of drug-likeness (QED) is 0.562. The highest BCUT2D eigenvalue weighted by atomic mass is 35.5. The van der Waals surface area contributed by atoms with Crippen molar-refractivity contribution in [3.05, 3.63) is 64.4 Å². The Morgan fingerprint density at radius 3 is 2.33 bits per heavy atom. The van der Waals surface area contributed by atoms with Crippen molar-refractivity contribution in [1.29, 1.82) is 0 Å². The number of carbonyl (C=O) groups excluding carboxylic acids is 1. The van der Waals surface area contributed by atoms with E-state index in [1.54, 1.807) is 6.92 Å². The summed E-state index contributed by atoms with van der Waals surface area (Å²) in [6.07, 6.45) is 5.05. The second kappa shape index (κ2) is 11.3. The molecule has 0 spiro atoms. The largest absolute Gasteiger partial charge is 0.350 e. The Morgan fingerprint density at radius 2 is 1.76 bits per heavy atom. The first kappa shape index (κ1) is 25.5. The van der Waals surface area contributed by atoms with Crippen LogP contribution in [0, 0.1) is 5.82 Å². The molecule has 0 bridgehead atoms. The van der Waals surface area contributed by atoms with Crippen molar-refractivity contribution < 1.29 is 17.6 Å². The molecule has 2 aromatic carbocycles. The minimum Gasteiger partial charge on any atom is -0.350 e. The molecule has 1 N–H and O–H groups in total. The molecule has 0 radical (unpaired) electrons. The lowest BCUT2D eigenvalue weighted by molar-refractivity contribution is -0.122. The van der Waals surface area contributed by atoms with Crippen LogP contribution in [0.1, 0.15) is 43.7 Å². The number of carbonyl (C=O) groups is 1. The molecule has 1 aliphatic heterocycles. The third-order valence-electron chi connectivity index (χ3n) is 5.83. The molecule has 33 heavy (non-hydrogen) atoms. The number of hydrogen-bond acceptors (Lipinski definition) is 4. The molecular formula is C24H31ClFN3O3S. The molecule has 1 heterocycles. The molecule has 1 atom stereocenters. The van der Waals surface area contributed by atoms with E-state index in [-0.39, 0.29) is 23.7 Å². The number of hydrogen-bond donors (Lipinski definition) is 1. The first-order valence-corrected chi connectivity index (χ1v) is 13.4. The Hall–Kier alpha value is -2.16. The number of halogens is 2. The van der Waals surface area contributed by atoms with E-state index in [1.807, 2.05) is 12.1 Å². The van der Waals surface area contributed by atoms with Crippen LogP contribution in [0.15, 0.2) is 42.5 Å². The van der Waals surface area contributed by atoms with Gasteiger partial charge < -0.3 is 5.32 Å². The average Bonchev–Trinajstić information content (AvgIpc) is 2.78. The molecule has 2 aromatic rings. The summed E-state index contributed by atoms with van der Waals surface area (Å²) < 4.78 is 39.6. The number of rotatable bonds is 9. The summed E-state index contributed by atoms with van der Waals surface area (Å²) in [4.78, 5) is 15.4. The number of likely N-dealkylation sites (tertiary alicyclic amines) is 1. The second-order valence-electron chi connectivity index (χ2n) is 8.45. The molecule has 1 fully saturated rings. The molecule has 9 heteroatoms. The summed E-state index contributed by atoms with van der Waals surface area (Å²) in [5, 5.41) is 2.63. The number of anilines is 1. The zero-order valence-electron chi connectivity index (χ0n) is 19.1. The van der Waals surface area contributed by atoms with E-state index in [0.29, 0.717) is 0 Å². The van der Waals surface area contributed by atoms with Crippen molar-refractivity contribution in [2.45, 2.75) is 51.7 Å². The molecule has 6 nitrogen and oxygen atoms in total. The number of sulfonamides is 1. The standard InChI is InChI=1S/C24H31ClFN3O3S/c1-3-23(29(33(2,31)32)20-11-12-22(26)21(25)15-20)24(30)27-16-18-7-9-19(10-8-18)17-28-13-5-4-6-14-28/h7-12,15,23H,3-6,13-14,16-17H2,1-2H3,(H,27,30)/t23-/m1/s1. The second-order valence-corrected chi connectivity index (χ2v) is 10.7. The van der Waals surface area contributed by atoms with E-state index in [1.165, 1.54) is 37.0 Å². The third-order valence-corrected chi connectivity index (χ3v) is 7.30. The molecular weight excluding hydrogens is 465 g/mol. The highest BCUT2D eigenvalue weighted by molar-refractivity contribution is 7.92. The smallest absolute Gasteiger partial charge is 0.244 e. The van der Waals surface area contributed by atoms with Crippen LogP contribution >= 0.6 is 11.6 Å². The normalized spacial score (nSPS) is 15.8. The van der Waals surface area contributed by atoms with E-state index in [2.05, 4.69) is 22.3 Å². The lowest BCUT2D eigenvalue weighted by Crippen LogP contribution is -2.49. The molecule has 1 aliphatic rings. The summed E-state index contributed by atoms with van der Waals surface area (Å²) in [5.74, 6) is -1.09. The fraction of sp³-hybridized carbons (Fsp3) is 0.458. The van der Waals surface area contributed by atoms with Crippen LogP contribution in [0.2, 0.25) is 5.02 Å². The Bertz CT molecular complexity index is 1060. The van der Waals surface area contributed by atoms with Crippen molar-refractivity contribution in [3.63, 3.8) is 0 Å². The van der Waals surface area contributed by atoms with Crippen molar-refractivity contribution in [2.75, 3.05) is 23.7 Å². The van der Waals surface area contributed by atoms with Crippen LogP contribution in [0.5, 0.6) is 0 Å². The predicted octanol–water partition coefficient (Wildman–Crippen LogP) is 4.33.